The van der Waals surface area contributed by atoms with Gasteiger partial charge in [0.15, 0.2) is 0 Å². The first-order valence-electron chi connectivity index (χ1n) is 9.92. The summed E-state index contributed by atoms with van der Waals surface area (Å²) in [6.07, 6.45) is 4.92. The molecule has 0 bridgehead atoms. The molecule has 2 aromatic rings. The third-order valence-electron chi connectivity index (χ3n) is 6.70. The summed E-state index contributed by atoms with van der Waals surface area (Å²) >= 11 is 0. The van der Waals surface area contributed by atoms with Gasteiger partial charge in [-0.15, -0.1) is 0 Å². The van der Waals surface area contributed by atoms with Gasteiger partial charge in [0, 0.05) is 22.4 Å². The van der Waals surface area contributed by atoms with E-state index in [1.54, 1.807) is 0 Å². The van der Waals surface area contributed by atoms with Gasteiger partial charge in [-0.05, 0) is 67.5 Å². The molecular weight excluding hydrogens is 318 g/mol. The Morgan fingerprint density at radius 3 is 2.23 bits per heavy atom. The number of hydrogen-bond donors (Lipinski definition) is 1. The molecule has 2 unspecified atom stereocenters. The fourth-order valence-electron chi connectivity index (χ4n) is 4.66. The number of nitrogens with one attached hydrogen (secondary N) is 1. The van der Waals surface area contributed by atoms with Gasteiger partial charge >= 0.3 is 0 Å². The van der Waals surface area contributed by atoms with Crippen LogP contribution in [0.15, 0.2) is 42.5 Å². The Kier molecular flexibility index (Phi) is 3.87. The van der Waals surface area contributed by atoms with Crippen molar-refractivity contribution in [2.45, 2.75) is 76.7 Å². The topological polar surface area (TPSA) is 21.3 Å². The van der Waals surface area contributed by atoms with Crippen LogP contribution in [0.3, 0.4) is 0 Å². The SMILES string of the molecule is CC(C)(C)c1ccc(Nc2ccc3c(c2)C2(C)CCCCC2(C)O3)cc1. The van der Waals surface area contributed by atoms with Crippen LogP contribution in [0.4, 0.5) is 11.4 Å². The minimum Gasteiger partial charge on any atom is -0.486 e. The molecule has 1 aliphatic carbocycles. The van der Waals surface area contributed by atoms with E-state index in [1.807, 2.05) is 0 Å². The van der Waals surface area contributed by atoms with Gasteiger partial charge in [-0.2, -0.15) is 0 Å². The Morgan fingerprint density at radius 2 is 1.54 bits per heavy atom. The highest BCUT2D eigenvalue weighted by Crippen LogP contribution is 2.56. The molecule has 1 saturated carbocycles. The lowest BCUT2D eigenvalue weighted by atomic mass is 9.63. The van der Waals surface area contributed by atoms with E-state index in [9.17, 15) is 0 Å². The van der Waals surface area contributed by atoms with E-state index in [1.165, 1.54) is 30.4 Å². The molecule has 0 aromatic heterocycles. The number of benzene rings is 2. The van der Waals surface area contributed by atoms with Gasteiger partial charge in [0.25, 0.3) is 0 Å². The Balaban J connectivity index is 1.61. The van der Waals surface area contributed by atoms with Crippen molar-refractivity contribution in [3.63, 3.8) is 0 Å². The van der Waals surface area contributed by atoms with Gasteiger partial charge in [0.1, 0.15) is 11.4 Å². The smallest absolute Gasteiger partial charge is 0.124 e. The van der Waals surface area contributed by atoms with Gasteiger partial charge in [-0.3, -0.25) is 0 Å². The van der Waals surface area contributed by atoms with E-state index < -0.39 is 0 Å². The van der Waals surface area contributed by atoms with Crippen molar-refractivity contribution in [2.75, 3.05) is 5.32 Å². The quantitative estimate of drug-likeness (QED) is 0.650. The fraction of sp³-hybridized carbons (Fsp3) is 0.500. The number of anilines is 2. The molecule has 4 rings (SSSR count). The maximum absolute atomic E-state index is 6.43. The van der Waals surface area contributed by atoms with Crippen LogP contribution in [0.5, 0.6) is 5.75 Å². The van der Waals surface area contributed by atoms with Crippen molar-refractivity contribution in [3.8, 4) is 5.75 Å². The number of ether oxygens (including phenoxy) is 1. The second kappa shape index (κ2) is 5.77. The van der Waals surface area contributed by atoms with E-state index >= 15 is 0 Å². The molecule has 0 spiro atoms. The van der Waals surface area contributed by atoms with Gasteiger partial charge in [0.2, 0.25) is 0 Å². The molecular formula is C24H31NO. The van der Waals surface area contributed by atoms with Gasteiger partial charge in [-0.1, -0.05) is 46.2 Å². The molecule has 0 radical (unpaired) electrons. The fourth-order valence-corrected chi connectivity index (χ4v) is 4.66. The molecule has 2 nitrogen and oxygen atoms in total. The van der Waals surface area contributed by atoms with Gasteiger partial charge in [-0.25, -0.2) is 0 Å². The molecule has 1 heterocycles. The van der Waals surface area contributed by atoms with E-state index in [-0.39, 0.29) is 16.4 Å². The van der Waals surface area contributed by atoms with E-state index in [2.05, 4.69) is 82.4 Å². The minimum absolute atomic E-state index is 0.0550. The van der Waals surface area contributed by atoms with Crippen LogP contribution in [0.25, 0.3) is 0 Å². The molecule has 1 N–H and O–H groups in total. The molecule has 1 fully saturated rings. The zero-order valence-electron chi connectivity index (χ0n) is 16.8. The monoisotopic (exact) mass is 349 g/mol. The summed E-state index contributed by atoms with van der Waals surface area (Å²) in [7, 11) is 0. The lowest BCUT2D eigenvalue weighted by Gasteiger charge is -2.43. The van der Waals surface area contributed by atoms with E-state index in [4.69, 9.17) is 4.74 Å². The first-order valence-corrected chi connectivity index (χ1v) is 9.92. The summed E-state index contributed by atoms with van der Waals surface area (Å²) < 4.78 is 6.43. The Hall–Kier alpha value is -1.96. The first-order chi connectivity index (χ1) is 12.2. The molecule has 138 valence electrons. The zero-order chi connectivity index (χ0) is 18.6. The molecule has 2 aromatic carbocycles. The van der Waals surface area contributed by atoms with Gasteiger partial charge in [0.05, 0.1) is 0 Å². The summed E-state index contributed by atoms with van der Waals surface area (Å²) in [5.41, 5.74) is 5.26. The average Bonchev–Trinajstić information content (AvgIpc) is 2.82. The standard InChI is InChI=1S/C24H31NO/c1-22(2,3)17-8-10-18(11-9-17)25-19-12-13-21-20(16-19)23(4)14-6-7-15-24(23,5)26-21/h8-13,16,25H,6-7,14-15H2,1-5H3. The molecule has 2 heteroatoms. The zero-order valence-corrected chi connectivity index (χ0v) is 16.8. The number of hydrogen-bond acceptors (Lipinski definition) is 2. The van der Waals surface area contributed by atoms with Crippen molar-refractivity contribution < 1.29 is 4.74 Å². The third-order valence-corrected chi connectivity index (χ3v) is 6.70. The van der Waals surface area contributed by atoms with Crippen molar-refractivity contribution in [1.29, 1.82) is 0 Å². The van der Waals surface area contributed by atoms with Crippen LogP contribution in [-0.2, 0) is 10.8 Å². The van der Waals surface area contributed by atoms with E-state index in [0.29, 0.717) is 0 Å². The summed E-state index contributed by atoms with van der Waals surface area (Å²) in [6.45, 7) is 11.4. The first kappa shape index (κ1) is 17.5. The van der Waals surface area contributed by atoms with Crippen molar-refractivity contribution in [1.82, 2.24) is 0 Å². The summed E-state index contributed by atoms with van der Waals surface area (Å²) in [4.78, 5) is 0. The highest BCUT2D eigenvalue weighted by Gasteiger charge is 2.55. The van der Waals surface area contributed by atoms with Crippen LogP contribution in [0, 0.1) is 0 Å². The third kappa shape index (κ3) is 2.71. The second-order valence-corrected chi connectivity index (χ2v) is 9.54. The molecule has 2 atom stereocenters. The molecule has 2 aliphatic rings. The van der Waals surface area contributed by atoms with Crippen LogP contribution in [0.1, 0.15) is 71.4 Å². The Bertz CT molecular complexity index is 817. The van der Waals surface area contributed by atoms with Crippen LogP contribution < -0.4 is 10.1 Å². The summed E-state index contributed by atoms with van der Waals surface area (Å²) in [5, 5.41) is 3.58. The van der Waals surface area contributed by atoms with Crippen molar-refractivity contribution in [2.24, 2.45) is 0 Å². The molecule has 26 heavy (non-hydrogen) atoms. The number of rotatable bonds is 2. The predicted molar refractivity (Wildman–Crippen MR) is 110 cm³/mol. The minimum atomic E-state index is -0.0550. The summed E-state index contributed by atoms with van der Waals surface area (Å²) in [5.74, 6) is 1.07. The normalized spacial score (nSPS) is 27.4. The highest BCUT2D eigenvalue weighted by molar-refractivity contribution is 5.64. The maximum atomic E-state index is 6.43. The molecule has 0 saturated heterocycles. The van der Waals surface area contributed by atoms with Crippen LogP contribution >= 0.6 is 0 Å². The van der Waals surface area contributed by atoms with E-state index in [0.717, 1.165) is 23.5 Å². The number of fused-ring (bicyclic) bond motifs is 3. The average molecular weight is 350 g/mol. The lowest BCUT2D eigenvalue weighted by molar-refractivity contribution is 0.00740. The Labute approximate surface area is 158 Å². The molecule has 1 aliphatic heterocycles. The highest BCUT2D eigenvalue weighted by atomic mass is 16.5. The second-order valence-electron chi connectivity index (χ2n) is 9.54. The Morgan fingerprint density at radius 1 is 0.885 bits per heavy atom. The van der Waals surface area contributed by atoms with Gasteiger partial charge < -0.3 is 10.1 Å². The van der Waals surface area contributed by atoms with Crippen molar-refractivity contribution >= 4 is 11.4 Å². The van der Waals surface area contributed by atoms with Crippen LogP contribution in [-0.4, -0.2) is 5.60 Å². The van der Waals surface area contributed by atoms with Crippen molar-refractivity contribution in [3.05, 3.63) is 53.6 Å². The van der Waals surface area contributed by atoms with Crippen LogP contribution in [0.2, 0.25) is 0 Å². The molecule has 0 amide bonds. The largest absolute Gasteiger partial charge is 0.486 e. The maximum Gasteiger partial charge on any atom is 0.124 e. The predicted octanol–water partition coefficient (Wildman–Crippen LogP) is 6.71. The summed E-state index contributed by atoms with van der Waals surface area (Å²) in [6, 6.07) is 15.4. The lowest BCUT2D eigenvalue weighted by Crippen LogP contribution is -2.49.